The van der Waals surface area contributed by atoms with Crippen LogP contribution in [0.2, 0.25) is 0 Å². The molecule has 0 radical (unpaired) electrons. The van der Waals surface area contributed by atoms with Crippen LogP contribution in [0.1, 0.15) is 50.8 Å². The number of allylic oxidation sites excluding steroid dienone is 1. The molecule has 28 heavy (non-hydrogen) atoms. The number of fused-ring (bicyclic) bond motifs is 1. The van der Waals surface area contributed by atoms with Crippen LogP contribution in [0.15, 0.2) is 59.7 Å². The molecule has 0 saturated heterocycles. The summed E-state index contributed by atoms with van der Waals surface area (Å²) in [6.45, 7) is 9.77. The van der Waals surface area contributed by atoms with Crippen molar-refractivity contribution in [1.82, 2.24) is 5.43 Å². The lowest BCUT2D eigenvalue weighted by Gasteiger charge is -2.42. The smallest absolute Gasteiger partial charge is 0.240 e. The van der Waals surface area contributed by atoms with Gasteiger partial charge >= 0.3 is 0 Å². The molecule has 4 nitrogen and oxygen atoms in total. The fraction of sp³-hybridized carbons (Fsp3) is 0.333. The molecule has 146 valence electrons. The molecule has 0 atom stereocenters. The molecule has 2 aromatic rings. The molecule has 1 aliphatic heterocycles. The van der Waals surface area contributed by atoms with E-state index in [9.17, 15) is 4.79 Å². The van der Waals surface area contributed by atoms with Crippen molar-refractivity contribution in [2.45, 2.75) is 46.1 Å². The van der Waals surface area contributed by atoms with E-state index in [0.717, 1.165) is 17.7 Å². The summed E-state index contributed by atoms with van der Waals surface area (Å²) >= 11 is 0. The second kappa shape index (κ2) is 8.42. The molecule has 0 bridgehead atoms. The van der Waals surface area contributed by atoms with Crippen molar-refractivity contribution in [3.63, 3.8) is 0 Å². The van der Waals surface area contributed by atoms with E-state index in [1.807, 2.05) is 30.3 Å². The third-order valence-corrected chi connectivity index (χ3v) is 5.20. The zero-order chi connectivity index (χ0) is 20.1. The van der Waals surface area contributed by atoms with E-state index < -0.39 is 0 Å². The average Bonchev–Trinajstić information content (AvgIpc) is 2.67. The highest BCUT2D eigenvalue weighted by atomic mass is 16.2. The van der Waals surface area contributed by atoms with Gasteiger partial charge < -0.3 is 4.90 Å². The quantitative estimate of drug-likeness (QED) is 0.583. The molecule has 0 fully saturated rings. The van der Waals surface area contributed by atoms with Gasteiger partial charge in [0.25, 0.3) is 0 Å². The second-order valence-electron chi connectivity index (χ2n) is 7.78. The Morgan fingerprint density at radius 3 is 2.64 bits per heavy atom. The largest absolute Gasteiger partial charge is 0.363 e. The molecule has 3 rings (SSSR count). The van der Waals surface area contributed by atoms with Crippen molar-refractivity contribution in [2.24, 2.45) is 5.10 Å². The summed E-state index contributed by atoms with van der Waals surface area (Å²) in [7, 11) is 0. The van der Waals surface area contributed by atoms with Gasteiger partial charge in [-0.05, 0) is 62.9 Å². The minimum Gasteiger partial charge on any atom is -0.363 e. The van der Waals surface area contributed by atoms with E-state index in [1.165, 1.54) is 16.8 Å². The molecule has 1 amide bonds. The van der Waals surface area contributed by atoms with Gasteiger partial charge in [0.2, 0.25) is 5.91 Å². The number of likely N-dealkylation sites (N-methyl/N-ethyl adjacent to an activating group) is 1. The zero-order valence-electron chi connectivity index (χ0n) is 17.2. The molecule has 0 spiro atoms. The predicted molar refractivity (Wildman–Crippen MR) is 118 cm³/mol. The molecular weight excluding hydrogens is 346 g/mol. The normalized spacial score (nSPS) is 15.3. The Morgan fingerprint density at radius 2 is 1.93 bits per heavy atom. The first kappa shape index (κ1) is 19.9. The van der Waals surface area contributed by atoms with Gasteiger partial charge in [-0.2, -0.15) is 5.10 Å². The highest BCUT2D eigenvalue weighted by molar-refractivity contribution is 5.88. The van der Waals surface area contributed by atoms with Gasteiger partial charge in [-0.1, -0.05) is 42.5 Å². The molecule has 2 aromatic carbocycles. The van der Waals surface area contributed by atoms with Gasteiger partial charge in [-0.15, -0.1) is 0 Å². The first-order valence-electron chi connectivity index (χ1n) is 9.88. The lowest BCUT2D eigenvalue weighted by molar-refractivity contribution is -0.121. The third kappa shape index (κ3) is 4.50. The maximum absolute atomic E-state index is 12.0. The Balaban J connectivity index is 1.64. The molecule has 1 N–H and O–H groups in total. The fourth-order valence-corrected chi connectivity index (χ4v) is 3.90. The Morgan fingerprint density at radius 1 is 1.18 bits per heavy atom. The summed E-state index contributed by atoms with van der Waals surface area (Å²) in [5.74, 6) is -0.0759. The van der Waals surface area contributed by atoms with Gasteiger partial charge in [0.15, 0.2) is 0 Å². The number of hydrogen-bond acceptors (Lipinski definition) is 3. The molecule has 1 aliphatic rings. The molecule has 0 aliphatic carbocycles. The van der Waals surface area contributed by atoms with Gasteiger partial charge in [-0.3, -0.25) is 4.79 Å². The zero-order valence-corrected chi connectivity index (χ0v) is 17.2. The Hall–Kier alpha value is -2.88. The van der Waals surface area contributed by atoms with E-state index in [1.54, 1.807) is 6.21 Å². The van der Waals surface area contributed by atoms with Gasteiger partial charge in [0, 0.05) is 24.2 Å². The number of nitrogens with one attached hydrogen (secondary N) is 1. The van der Waals surface area contributed by atoms with Crippen LogP contribution in [0, 0.1) is 0 Å². The molecular formula is C24H29N3O. The lowest BCUT2D eigenvalue weighted by atomic mass is 9.88. The Bertz CT molecular complexity index is 897. The van der Waals surface area contributed by atoms with E-state index in [4.69, 9.17) is 0 Å². The monoisotopic (exact) mass is 375 g/mol. The number of carbonyl (C=O) groups excluding carboxylic acids is 1. The van der Waals surface area contributed by atoms with Crippen molar-refractivity contribution in [2.75, 3.05) is 11.4 Å². The summed E-state index contributed by atoms with van der Waals surface area (Å²) in [5, 5.41) is 4.14. The number of hydrazone groups is 1. The summed E-state index contributed by atoms with van der Waals surface area (Å²) in [5.41, 5.74) is 8.51. The van der Waals surface area contributed by atoms with Gasteiger partial charge in [0.1, 0.15) is 0 Å². The van der Waals surface area contributed by atoms with Crippen molar-refractivity contribution in [3.05, 3.63) is 71.3 Å². The van der Waals surface area contributed by atoms with Gasteiger partial charge in [-0.25, -0.2) is 5.43 Å². The minimum atomic E-state index is -0.0759. The van der Waals surface area contributed by atoms with Crippen molar-refractivity contribution >= 4 is 23.4 Å². The number of nitrogens with zero attached hydrogens (tertiary/aromatic N) is 2. The number of amides is 1. The number of hydrogen-bond donors (Lipinski definition) is 1. The SMILES string of the molecule is CCN1c2ccc(/C=N\NC(=O)CCc3ccccc3)cc2C(C)=CC1(C)C. The van der Waals surface area contributed by atoms with Crippen LogP contribution in [0.3, 0.4) is 0 Å². The van der Waals surface area contributed by atoms with Crippen LogP contribution in [0.5, 0.6) is 0 Å². The molecule has 4 heteroatoms. The van der Waals surface area contributed by atoms with Crippen molar-refractivity contribution in [1.29, 1.82) is 0 Å². The molecule has 0 unspecified atom stereocenters. The van der Waals surface area contributed by atoms with Crippen LogP contribution in [-0.2, 0) is 11.2 Å². The number of carbonyl (C=O) groups is 1. The Kier molecular flexibility index (Phi) is 5.98. The summed E-state index contributed by atoms with van der Waals surface area (Å²) in [6.07, 6.45) is 5.16. The number of anilines is 1. The van der Waals surface area contributed by atoms with Crippen LogP contribution >= 0.6 is 0 Å². The molecule has 1 heterocycles. The number of benzene rings is 2. The van der Waals surface area contributed by atoms with E-state index >= 15 is 0 Å². The predicted octanol–water partition coefficient (Wildman–Crippen LogP) is 4.79. The van der Waals surface area contributed by atoms with Crippen LogP contribution in [-0.4, -0.2) is 24.2 Å². The summed E-state index contributed by atoms with van der Waals surface area (Å²) in [4.78, 5) is 14.4. The third-order valence-electron chi connectivity index (χ3n) is 5.20. The van der Waals surface area contributed by atoms with E-state index in [-0.39, 0.29) is 11.4 Å². The number of rotatable bonds is 6. The van der Waals surface area contributed by atoms with Crippen LogP contribution < -0.4 is 10.3 Å². The van der Waals surface area contributed by atoms with Crippen molar-refractivity contribution in [3.8, 4) is 0 Å². The summed E-state index contributed by atoms with van der Waals surface area (Å²) < 4.78 is 0. The van der Waals surface area contributed by atoms with Crippen LogP contribution in [0.25, 0.3) is 5.57 Å². The summed E-state index contributed by atoms with van der Waals surface area (Å²) in [6, 6.07) is 16.3. The molecule has 0 aromatic heterocycles. The fourth-order valence-electron chi connectivity index (χ4n) is 3.90. The maximum Gasteiger partial charge on any atom is 0.240 e. The average molecular weight is 376 g/mol. The first-order chi connectivity index (χ1) is 13.4. The standard InChI is InChI=1S/C24H29N3O/c1-5-27-22-13-11-20(15-21(22)18(2)16-24(27,3)4)17-25-26-23(28)14-12-19-9-7-6-8-10-19/h6-11,13,15-17H,5,12,14H2,1-4H3,(H,26,28)/b25-17-. The molecule has 0 saturated carbocycles. The first-order valence-corrected chi connectivity index (χ1v) is 9.88. The van der Waals surface area contributed by atoms with Gasteiger partial charge in [0.05, 0.1) is 11.8 Å². The van der Waals surface area contributed by atoms with E-state index in [2.05, 4.69) is 67.4 Å². The van der Waals surface area contributed by atoms with Crippen LogP contribution in [0.4, 0.5) is 5.69 Å². The Labute approximate surface area is 168 Å². The maximum atomic E-state index is 12.0. The second-order valence-corrected chi connectivity index (χ2v) is 7.78. The highest BCUT2D eigenvalue weighted by Gasteiger charge is 2.29. The topological polar surface area (TPSA) is 44.7 Å². The highest BCUT2D eigenvalue weighted by Crippen LogP contribution is 2.38. The van der Waals surface area contributed by atoms with Crippen molar-refractivity contribution < 1.29 is 4.79 Å². The minimum absolute atomic E-state index is 0.00810. The lowest BCUT2D eigenvalue weighted by Crippen LogP contribution is -2.44. The van der Waals surface area contributed by atoms with E-state index in [0.29, 0.717) is 12.8 Å². The number of aryl methyl sites for hydroxylation is 1.